The van der Waals surface area contributed by atoms with Crippen molar-refractivity contribution in [2.24, 2.45) is 0 Å². The number of nitrogens with zero attached hydrogens (tertiary/aromatic N) is 4. The van der Waals surface area contributed by atoms with Crippen molar-refractivity contribution in [1.82, 2.24) is 14.3 Å². The fraction of sp³-hybridized carbons (Fsp3) is 0.333. The summed E-state index contributed by atoms with van der Waals surface area (Å²) in [5.41, 5.74) is 0.760. The van der Waals surface area contributed by atoms with Gasteiger partial charge in [0.05, 0.1) is 18.4 Å². The Morgan fingerprint density at radius 2 is 1.94 bits per heavy atom. The van der Waals surface area contributed by atoms with E-state index in [9.17, 15) is 4.79 Å². The molecule has 0 unspecified atom stereocenters. The molecule has 0 aliphatic rings. The molecule has 0 bridgehead atoms. The third-order valence-electron chi connectivity index (χ3n) is 2.61. The average Bonchev–Trinajstić information content (AvgIpc) is 2.80. The second-order valence-corrected chi connectivity index (χ2v) is 4.09. The van der Waals surface area contributed by atoms with Crippen molar-refractivity contribution >= 4 is 5.69 Å². The highest BCUT2D eigenvalue weighted by Crippen LogP contribution is 2.03. The summed E-state index contributed by atoms with van der Waals surface area (Å²) in [6.45, 7) is 1.34. The molecule has 0 N–H and O–H groups in total. The lowest BCUT2D eigenvalue weighted by Gasteiger charge is -2.12. The zero-order valence-corrected chi connectivity index (χ0v) is 10.1. The summed E-state index contributed by atoms with van der Waals surface area (Å²) in [5.74, 6) is 0. The van der Waals surface area contributed by atoms with E-state index in [1.807, 2.05) is 48.1 Å². The van der Waals surface area contributed by atoms with Gasteiger partial charge < -0.3 is 9.47 Å². The molecular formula is C12H16N4O. The summed E-state index contributed by atoms with van der Waals surface area (Å²) in [4.78, 5) is 13.6. The van der Waals surface area contributed by atoms with E-state index in [1.165, 1.54) is 4.68 Å². The van der Waals surface area contributed by atoms with Crippen LogP contribution in [0, 0.1) is 0 Å². The van der Waals surface area contributed by atoms with Crippen LogP contribution in [0.2, 0.25) is 0 Å². The first-order valence-electron chi connectivity index (χ1n) is 5.52. The Bertz CT molecular complexity index is 528. The zero-order valence-electron chi connectivity index (χ0n) is 10.1. The minimum Gasteiger partial charge on any atom is -0.376 e. The summed E-state index contributed by atoms with van der Waals surface area (Å²) >= 11 is 0. The Balaban J connectivity index is 2.09. The second kappa shape index (κ2) is 4.86. The van der Waals surface area contributed by atoms with Crippen LogP contribution >= 0.6 is 0 Å². The molecule has 0 amide bonds. The van der Waals surface area contributed by atoms with Crippen molar-refractivity contribution < 1.29 is 0 Å². The molecule has 0 saturated carbocycles. The van der Waals surface area contributed by atoms with Gasteiger partial charge in [0.15, 0.2) is 0 Å². The molecular weight excluding hydrogens is 216 g/mol. The van der Waals surface area contributed by atoms with Crippen LogP contribution in [0.5, 0.6) is 0 Å². The average molecular weight is 232 g/mol. The molecule has 0 saturated heterocycles. The molecule has 90 valence electrons. The minimum absolute atomic E-state index is 0.0663. The van der Waals surface area contributed by atoms with Crippen molar-refractivity contribution in [2.75, 3.05) is 19.0 Å². The highest BCUT2D eigenvalue weighted by atomic mass is 16.1. The lowest BCUT2D eigenvalue weighted by Crippen LogP contribution is -2.25. The van der Waals surface area contributed by atoms with E-state index in [4.69, 9.17) is 0 Å². The first-order chi connectivity index (χ1) is 8.16. The summed E-state index contributed by atoms with van der Waals surface area (Å²) in [6, 6.07) is 5.53. The quantitative estimate of drug-likeness (QED) is 0.783. The maximum absolute atomic E-state index is 11.8. The molecule has 0 spiro atoms. The standard InChI is InChI=1S/C12H16N4O/c1-14(2)11-9-12(17)16(13-10-11)8-7-15-5-3-4-6-15/h3-6,9-10H,7-8H2,1-2H3. The predicted molar refractivity (Wildman–Crippen MR) is 67.3 cm³/mol. The smallest absolute Gasteiger partial charge is 0.268 e. The molecule has 0 aromatic carbocycles. The van der Waals surface area contributed by atoms with Gasteiger partial charge in [-0.15, -0.1) is 0 Å². The fourth-order valence-corrected chi connectivity index (χ4v) is 1.57. The SMILES string of the molecule is CN(C)c1cnn(CCn2cccc2)c(=O)c1. The van der Waals surface area contributed by atoms with E-state index < -0.39 is 0 Å². The van der Waals surface area contributed by atoms with Crippen molar-refractivity contribution in [1.29, 1.82) is 0 Å². The Morgan fingerprint density at radius 3 is 2.53 bits per heavy atom. The molecule has 5 heteroatoms. The summed E-state index contributed by atoms with van der Waals surface area (Å²) in [5, 5.41) is 4.15. The van der Waals surface area contributed by atoms with Crippen molar-refractivity contribution in [3.63, 3.8) is 0 Å². The van der Waals surface area contributed by atoms with E-state index in [1.54, 1.807) is 12.3 Å². The number of aromatic nitrogens is 3. The van der Waals surface area contributed by atoms with Gasteiger partial charge in [-0.1, -0.05) is 0 Å². The minimum atomic E-state index is -0.0663. The number of rotatable bonds is 4. The molecule has 0 atom stereocenters. The zero-order chi connectivity index (χ0) is 12.3. The van der Waals surface area contributed by atoms with E-state index in [2.05, 4.69) is 5.10 Å². The van der Waals surface area contributed by atoms with Gasteiger partial charge in [-0.2, -0.15) is 5.10 Å². The van der Waals surface area contributed by atoms with Gasteiger partial charge in [0, 0.05) is 39.1 Å². The van der Waals surface area contributed by atoms with Gasteiger partial charge in [-0.05, 0) is 12.1 Å². The molecule has 0 radical (unpaired) electrons. The number of hydrogen-bond acceptors (Lipinski definition) is 3. The lowest BCUT2D eigenvalue weighted by molar-refractivity contribution is 0.511. The number of anilines is 1. The Morgan fingerprint density at radius 1 is 1.24 bits per heavy atom. The van der Waals surface area contributed by atoms with Crippen LogP contribution in [-0.4, -0.2) is 28.4 Å². The van der Waals surface area contributed by atoms with Crippen molar-refractivity contribution in [3.8, 4) is 0 Å². The van der Waals surface area contributed by atoms with Crippen LogP contribution < -0.4 is 10.5 Å². The van der Waals surface area contributed by atoms with Gasteiger partial charge >= 0.3 is 0 Å². The third-order valence-corrected chi connectivity index (χ3v) is 2.61. The van der Waals surface area contributed by atoms with Gasteiger partial charge in [-0.3, -0.25) is 4.79 Å². The first-order valence-corrected chi connectivity index (χ1v) is 5.52. The van der Waals surface area contributed by atoms with Gasteiger partial charge in [-0.25, -0.2) is 4.68 Å². The fourth-order valence-electron chi connectivity index (χ4n) is 1.57. The molecule has 2 aromatic rings. The van der Waals surface area contributed by atoms with E-state index in [-0.39, 0.29) is 5.56 Å². The van der Waals surface area contributed by atoms with E-state index >= 15 is 0 Å². The van der Waals surface area contributed by atoms with Crippen molar-refractivity contribution in [2.45, 2.75) is 13.1 Å². The van der Waals surface area contributed by atoms with Crippen LogP contribution in [-0.2, 0) is 13.1 Å². The number of aryl methyl sites for hydroxylation is 2. The van der Waals surface area contributed by atoms with Crippen LogP contribution in [0.4, 0.5) is 5.69 Å². The maximum atomic E-state index is 11.8. The maximum Gasteiger partial charge on any atom is 0.268 e. The van der Waals surface area contributed by atoms with Crippen LogP contribution in [0.3, 0.4) is 0 Å². The molecule has 2 heterocycles. The van der Waals surface area contributed by atoms with Gasteiger partial charge in [0.25, 0.3) is 5.56 Å². The second-order valence-electron chi connectivity index (χ2n) is 4.09. The topological polar surface area (TPSA) is 43.1 Å². The third kappa shape index (κ3) is 2.75. The molecule has 2 rings (SSSR count). The largest absolute Gasteiger partial charge is 0.376 e. The van der Waals surface area contributed by atoms with Crippen LogP contribution in [0.15, 0.2) is 41.6 Å². The summed E-state index contributed by atoms with van der Waals surface area (Å²) in [6.07, 6.45) is 5.65. The summed E-state index contributed by atoms with van der Waals surface area (Å²) < 4.78 is 3.50. The molecule has 0 aliphatic carbocycles. The Kier molecular flexibility index (Phi) is 3.27. The van der Waals surface area contributed by atoms with Gasteiger partial charge in [0.2, 0.25) is 0 Å². The van der Waals surface area contributed by atoms with Crippen LogP contribution in [0.25, 0.3) is 0 Å². The van der Waals surface area contributed by atoms with E-state index in [0.717, 1.165) is 12.2 Å². The Hall–Kier alpha value is -2.04. The molecule has 5 nitrogen and oxygen atoms in total. The van der Waals surface area contributed by atoms with Gasteiger partial charge in [0.1, 0.15) is 0 Å². The normalized spacial score (nSPS) is 10.5. The highest BCUT2D eigenvalue weighted by Gasteiger charge is 2.01. The van der Waals surface area contributed by atoms with E-state index in [0.29, 0.717) is 6.54 Å². The first kappa shape index (κ1) is 11.4. The molecule has 0 aliphatic heterocycles. The number of hydrogen-bond donors (Lipinski definition) is 0. The van der Waals surface area contributed by atoms with Crippen LogP contribution in [0.1, 0.15) is 0 Å². The monoisotopic (exact) mass is 232 g/mol. The van der Waals surface area contributed by atoms with Crippen molar-refractivity contribution in [3.05, 3.63) is 47.1 Å². The molecule has 0 fully saturated rings. The summed E-state index contributed by atoms with van der Waals surface area (Å²) in [7, 11) is 3.78. The Labute approximate surface area is 99.9 Å². The molecule has 17 heavy (non-hydrogen) atoms. The predicted octanol–water partition coefficient (Wildman–Crippen LogP) is 0.811. The highest BCUT2D eigenvalue weighted by molar-refractivity contribution is 5.40. The lowest BCUT2D eigenvalue weighted by atomic mass is 10.4. The molecule has 2 aromatic heterocycles.